The molecule has 0 saturated carbocycles. The highest BCUT2D eigenvalue weighted by atomic mass is 35.5. The number of esters is 1. The zero-order chi connectivity index (χ0) is 9.90. The van der Waals surface area contributed by atoms with Gasteiger partial charge in [-0.1, -0.05) is 30.3 Å². The topological polar surface area (TPSA) is 26.3 Å². The second-order valence-electron chi connectivity index (χ2n) is 3.48. The molecule has 1 aromatic rings. The molecule has 0 fully saturated rings. The molecule has 3 heteroatoms. The Morgan fingerprint density at radius 3 is 2.14 bits per heavy atom. The fourth-order valence-electron chi connectivity index (χ4n) is 1.23. The van der Waals surface area contributed by atoms with Gasteiger partial charge in [0.2, 0.25) is 0 Å². The van der Waals surface area contributed by atoms with Crippen molar-refractivity contribution >= 4 is 18.4 Å². The van der Waals surface area contributed by atoms with Gasteiger partial charge in [0.1, 0.15) is 0 Å². The average Bonchev–Trinajstić information content (AvgIpc) is 2.18. The fraction of sp³-hybridized carbons (Fsp3) is 0.364. The molecule has 1 aromatic carbocycles. The lowest BCUT2D eigenvalue weighted by Crippen LogP contribution is -2.29. The van der Waals surface area contributed by atoms with Gasteiger partial charge in [-0.25, -0.2) is 0 Å². The molecule has 0 aromatic heterocycles. The van der Waals surface area contributed by atoms with Crippen LogP contribution in [0.1, 0.15) is 19.4 Å². The Hall–Kier alpha value is -1.02. The number of benzene rings is 1. The van der Waals surface area contributed by atoms with Crippen LogP contribution in [0, 0.1) is 0 Å². The largest absolute Gasteiger partial charge is 0.468 e. The molecule has 0 saturated heterocycles. The van der Waals surface area contributed by atoms with Crippen molar-refractivity contribution in [2.45, 2.75) is 19.3 Å². The van der Waals surface area contributed by atoms with Crippen LogP contribution in [0.15, 0.2) is 30.3 Å². The summed E-state index contributed by atoms with van der Waals surface area (Å²) >= 11 is 0. The van der Waals surface area contributed by atoms with Gasteiger partial charge in [0.25, 0.3) is 0 Å². The molecule has 0 aliphatic carbocycles. The highest BCUT2D eigenvalue weighted by Crippen LogP contribution is 2.23. The summed E-state index contributed by atoms with van der Waals surface area (Å²) < 4.78 is 4.73. The smallest absolute Gasteiger partial charge is 0.315 e. The number of ether oxygens (including phenoxy) is 1. The van der Waals surface area contributed by atoms with E-state index in [2.05, 4.69) is 0 Å². The zero-order valence-electron chi connectivity index (χ0n) is 8.61. The van der Waals surface area contributed by atoms with Gasteiger partial charge in [-0.3, -0.25) is 4.79 Å². The van der Waals surface area contributed by atoms with Crippen LogP contribution in [0.4, 0.5) is 0 Å². The molecule has 0 radical (unpaired) electrons. The molecule has 0 amide bonds. The lowest BCUT2D eigenvalue weighted by molar-refractivity contribution is -0.146. The Morgan fingerprint density at radius 2 is 1.71 bits per heavy atom. The predicted octanol–water partition coefficient (Wildman–Crippen LogP) is 2.56. The minimum Gasteiger partial charge on any atom is -0.468 e. The molecule has 0 N–H and O–H groups in total. The molecule has 0 heterocycles. The summed E-state index contributed by atoms with van der Waals surface area (Å²) in [6, 6.07) is 9.62. The van der Waals surface area contributed by atoms with Gasteiger partial charge in [0.15, 0.2) is 0 Å². The number of hydrogen-bond acceptors (Lipinski definition) is 2. The summed E-state index contributed by atoms with van der Waals surface area (Å²) in [7, 11) is 1.41. The highest BCUT2D eigenvalue weighted by molar-refractivity contribution is 5.85. The van der Waals surface area contributed by atoms with Crippen LogP contribution in [0.5, 0.6) is 0 Å². The molecule has 0 unspecified atom stereocenters. The minimum atomic E-state index is -0.560. The number of carbonyl (C=O) groups is 1. The van der Waals surface area contributed by atoms with E-state index in [1.807, 2.05) is 44.2 Å². The van der Waals surface area contributed by atoms with Crippen LogP contribution in [0.25, 0.3) is 0 Å². The molecule has 2 nitrogen and oxygen atoms in total. The Balaban J connectivity index is 0.00000169. The van der Waals surface area contributed by atoms with E-state index in [0.717, 1.165) is 5.56 Å². The van der Waals surface area contributed by atoms with Crippen molar-refractivity contribution < 1.29 is 9.53 Å². The van der Waals surface area contributed by atoms with Crippen molar-refractivity contribution in [3.63, 3.8) is 0 Å². The lowest BCUT2D eigenvalue weighted by atomic mass is 9.85. The van der Waals surface area contributed by atoms with E-state index in [1.54, 1.807) is 0 Å². The maximum atomic E-state index is 11.4. The van der Waals surface area contributed by atoms with E-state index >= 15 is 0 Å². The van der Waals surface area contributed by atoms with E-state index in [4.69, 9.17) is 4.74 Å². The van der Waals surface area contributed by atoms with Gasteiger partial charge in [-0.2, -0.15) is 0 Å². The first-order valence-electron chi connectivity index (χ1n) is 4.23. The lowest BCUT2D eigenvalue weighted by Gasteiger charge is -2.21. The molecule has 0 aliphatic heterocycles. The van der Waals surface area contributed by atoms with Crippen LogP contribution in [-0.4, -0.2) is 13.1 Å². The van der Waals surface area contributed by atoms with Crippen LogP contribution in [-0.2, 0) is 14.9 Å². The Morgan fingerprint density at radius 1 is 1.21 bits per heavy atom. The molecular weight excluding hydrogens is 200 g/mol. The van der Waals surface area contributed by atoms with Gasteiger partial charge in [0.05, 0.1) is 12.5 Å². The molecule has 0 spiro atoms. The monoisotopic (exact) mass is 214 g/mol. The van der Waals surface area contributed by atoms with Gasteiger partial charge in [-0.15, -0.1) is 12.4 Å². The maximum absolute atomic E-state index is 11.4. The number of hydrogen-bond donors (Lipinski definition) is 0. The standard InChI is InChI=1S/C11H14O2.ClH/c1-11(2,10(12)13-3)9-7-5-4-6-8-9;/h4-8H,1-3H3;1H. The van der Waals surface area contributed by atoms with E-state index in [-0.39, 0.29) is 18.4 Å². The average molecular weight is 215 g/mol. The molecule has 1 rings (SSSR count). The normalized spacial score (nSPS) is 10.2. The number of halogens is 1. The van der Waals surface area contributed by atoms with Gasteiger partial charge in [-0.05, 0) is 19.4 Å². The quantitative estimate of drug-likeness (QED) is 0.708. The van der Waals surface area contributed by atoms with E-state index in [0.29, 0.717) is 0 Å². The van der Waals surface area contributed by atoms with E-state index < -0.39 is 5.41 Å². The summed E-state index contributed by atoms with van der Waals surface area (Å²) in [5.74, 6) is -0.210. The van der Waals surface area contributed by atoms with Crippen molar-refractivity contribution in [3.8, 4) is 0 Å². The fourth-order valence-corrected chi connectivity index (χ4v) is 1.23. The van der Waals surface area contributed by atoms with Crippen LogP contribution in [0.3, 0.4) is 0 Å². The number of methoxy groups -OCH3 is 1. The summed E-state index contributed by atoms with van der Waals surface area (Å²) in [6.07, 6.45) is 0. The van der Waals surface area contributed by atoms with Gasteiger partial charge < -0.3 is 4.74 Å². The maximum Gasteiger partial charge on any atom is 0.315 e. The van der Waals surface area contributed by atoms with Gasteiger partial charge >= 0.3 is 5.97 Å². The minimum absolute atomic E-state index is 0. The molecule has 0 aliphatic rings. The predicted molar refractivity (Wildman–Crippen MR) is 58.7 cm³/mol. The Labute approximate surface area is 90.7 Å². The third kappa shape index (κ3) is 2.48. The molecule has 0 bridgehead atoms. The molecule has 78 valence electrons. The highest BCUT2D eigenvalue weighted by Gasteiger charge is 2.30. The zero-order valence-corrected chi connectivity index (χ0v) is 9.43. The number of rotatable bonds is 2. The van der Waals surface area contributed by atoms with Crippen molar-refractivity contribution in [1.82, 2.24) is 0 Å². The van der Waals surface area contributed by atoms with Crippen molar-refractivity contribution in [1.29, 1.82) is 0 Å². The molecule has 14 heavy (non-hydrogen) atoms. The summed E-state index contributed by atoms with van der Waals surface area (Å²) in [4.78, 5) is 11.4. The van der Waals surface area contributed by atoms with Gasteiger partial charge in [0, 0.05) is 0 Å². The van der Waals surface area contributed by atoms with Crippen molar-refractivity contribution in [2.24, 2.45) is 0 Å². The third-order valence-corrected chi connectivity index (χ3v) is 2.19. The van der Waals surface area contributed by atoms with Crippen LogP contribution < -0.4 is 0 Å². The second kappa shape index (κ2) is 5.01. The Kier molecular flexibility index (Phi) is 4.64. The number of carbonyl (C=O) groups excluding carboxylic acids is 1. The SMILES string of the molecule is COC(=O)C(C)(C)c1ccccc1.Cl. The first-order valence-corrected chi connectivity index (χ1v) is 4.23. The first-order chi connectivity index (χ1) is 6.09. The van der Waals surface area contributed by atoms with Crippen molar-refractivity contribution in [3.05, 3.63) is 35.9 Å². The molecular formula is C11H15ClO2. The van der Waals surface area contributed by atoms with Crippen LogP contribution >= 0.6 is 12.4 Å². The summed E-state index contributed by atoms with van der Waals surface area (Å²) in [6.45, 7) is 3.71. The molecule has 0 atom stereocenters. The third-order valence-electron chi connectivity index (χ3n) is 2.19. The van der Waals surface area contributed by atoms with Crippen molar-refractivity contribution in [2.75, 3.05) is 7.11 Å². The van der Waals surface area contributed by atoms with E-state index in [9.17, 15) is 4.79 Å². The first kappa shape index (κ1) is 13.0. The Bertz CT molecular complexity index is 293. The van der Waals surface area contributed by atoms with E-state index in [1.165, 1.54) is 7.11 Å². The van der Waals surface area contributed by atoms with Crippen LogP contribution in [0.2, 0.25) is 0 Å². The summed E-state index contributed by atoms with van der Waals surface area (Å²) in [5.41, 5.74) is 0.414. The summed E-state index contributed by atoms with van der Waals surface area (Å²) in [5, 5.41) is 0. The second-order valence-corrected chi connectivity index (χ2v) is 3.48.